The molecule has 0 spiro atoms. The molecule has 1 aromatic rings. The van der Waals surface area contributed by atoms with E-state index in [1.54, 1.807) is 17.0 Å². The Morgan fingerprint density at radius 2 is 2.11 bits per heavy atom. The number of amides is 1. The number of rotatable bonds is 5. The SMILES string of the molecule is CCCCCN1C(=O)CCc2cc([N+](=O)[O-])ccc21. The molecule has 19 heavy (non-hydrogen) atoms. The van der Waals surface area contributed by atoms with Gasteiger partial charge in [0.15, 0.2) is 0 Å². The zero-order chi connectivity index (χ0) is 13.8. The molecule has 0 saturated heterocycles. The third-order valence-electron chi connectivity index (χ3n) is 3.46. The Morgan fingerprint density at radius 3 is 2.79 bits per heavy atom. The Morgan fingerprint density at radius 1 is 1.32 bits per heavy atom. The fourth-order valence-corrected chi connectivity index (χ4v) is 2.43. The molecule has 0 fully saturated rings. The molecule has 5 heteroatoms. The van der Waals surface area contributed by atoms with Gasteiger partial charge < -0.3 is 4.90 Å². The monoisotopic (exact) mass is 262 g/mol. The summed E-state index contributed by atoms with van der Waals surface area (Å²) in [6, 6.07) is 4.77. The van der Waals surface area contributed by atoms with E-state index in [2.05, 4.69) is 6.92 Å². The van der Waals surface area contributed by atoms with Crippen molar-refractivity contribution in [2.75, 3.05) is 11.4 Å². The van der Waals surface area contributed by atoms with Crippen LogP contribution in [-0.2, 0) is 11.2 Å². The molecule has 1 amide bonds. The van der Waals surface area contributed by atoms with Gasteiger partial charge in [0.05, 0.1) is 4.92 Å². The van der Waals surface area contributed by atoms with Crippen LogP contribution in [0.25, 0.3) is 0 Å². The van der Waals surface area contributed by atoms with E-state index < -0.39 is 4.92 Å². The zero-order valence-corrected chi connectivity index (χ0v) is 11.1. The molecule has 1 aliphatic rings. The van der Waals surface area contributed by atoms with Gasteiger partial charge in [0.1, 0.15) is 0 Å². The number of hydrogen-bond acceptors (Lipinski definition) is 3. The summed E-state index contributed by atoms with van der Waals surface area (Å²) in [5.74, 6) is 0.123. The molecule has 1 aromatic carbocycles. The fourth-order valence-electron chi connectivity index (χ4n) is 2.43. The minimum absolute atomic E-state index is 0.0987. The molecule has 0 saturated carbocycles. The molecule has 1 heterocycles. The van der Waals surface area contributed by atoms with E-state index in [9.17, 15) is 14.9 Å². The van der Waals surface area contributed by atoms with Crippen molar-refractivity contribution in [1.29, 1.82) is 0 Å². The third kappa shape index (κ3) is 2.92. The number of non-ortho nitro benzene ring substituents is 1. The van der Waals surface area contributed by atoms with E-state index in [0.717, 1.165) is 30.5 Å². The van der Waals surface area contributed by atoms with Gasteiger partial charge in [0.2, 0.25) is 5.91 Å². The zero-order valence-electron chi connectivity index (χ0n) is 11.1. The van der Waals surface area contributed by atoms with E-state index in [1.807, 2.05) is 0 Å². The van der Waals surface area contributed by atoms with Crippen molar-refractivity contribution in [2.24, 2.45) is 0 Å². The largest absolute Gasteiger partial charge is 0.312 e. The summed E-state index contributed by atoms with van der Waals surface area (Å²) in [5.41, 5.74) is 1.85. The quantitative estimate of drug-likeness (QED) is 0.465. The number of benzene rings is 1. The first-order chi connectivity index (χ1) is 9.13. The van der Waals surface area contributed by atoms with Gasteiger partial charge in [0, 0.05) is 30.8 Å². The predicted octanol–water partition coefficient (Wildman–Crippen LogP) is 3.06. The van der Waals surface area contributed by atoms with Crippen LogP contribution in [-0.4, -0.2) is 17.4 Å². The summed E-state index contributed by atoms with van der Waals surface area (Å²) in [6.45, 7) is 2.83. The molecule has 0 radical (unpaired) electrons. The average molecular weight is 262 g/mol. The minimum atomic E-state index is -0.391. The number of carbonyl (C=O) groups excluding carboxylic acids is 1. The molecule has 0 unspecified atom stereocenters. The van der Waals surface area contributed by atoms with Gasteiger partial charge >= 0.3 is 0 Å². The van der Waals surface area contributed by atoms with Crippen molar-refractivity contribution in [3.8, 4) is 0 Å². The van der Waals surface area contributed by atoms with Gasteiger partial charge in [-0.25, -0.2) is 0 Å². The van der Waals surface area contributed by atoms with Gasteiger partial charge in [-0.1, -0.05) is 19.8 Å². The normalized spacial score (nSPS) is 14.4. The molecule has 0 aliphatic carbocycles. The second-order valence-electron chi connectivity index (χ2n) is 4.82. The van der Waals surface area contributed by atoms with Crippen LogP contribution in [0.3, 0.4) is 0 Å². The van der Waals surface area contributed by atoms with Gasteiger partial charge in [0.25, 0.3) is 5.69 Å². The van der Waals surface area contributed by atoms with E-state index in [1.165, 1.54) is 6.07 Å². The lowest BCUT2D eigenvalue weighted by Gasteiger charge is -2.29. The van der Waals surface area contributed by atoms with Crippen LogP contribution >= 0.6 is 0 Å². The van der Waals surface area contributed by atoms with Crippen LogP contribution in [0.4, 0.5) is 11.4 Å². The number of hydrogen-bond donors (Lipinski definition) is 0. The van der Waals surface area contributed by atoms with Crippen LogP contribution in [0.5, 0.6) is 0 Å². The van der Waals surface area contributed by atoms with Crippen molar-refractivity contribution >= 4 is 17.3 Å². The van der Waals surface area contributed by atoms with Gasteiger partial charge in [-0.3, -0.25) is 14.9 Å². The number of nitrogens with zero attached hydrogens (tertiary/aromatic N) is 2. The molecular formula is C14H18N2O3. The fraction of sp³-hybridized carbons (Fsp3) is 0.500. The Hall–Kier alpha value is -1.91. The molecular weight excluding hydrogens is 244 g/mol. The number of anilines is 1. The molecule has 2 rings (SSSR count). The van der Waals surface area contributed by atoms with Crippen LogP contribution in [0, 0.1) is 10.1 Å². The van der Waals surface area contributed by atoms with Crippen LogP contribution in [0.1, 0.15) is 38.2 Å². The Balaban J connectivity index is 2.23. The molecule has 0 aromatic heterocycles. The highest BCUT2D eigenvalue weighted by molar-refractivity contribution is 5.96. The topological polar surface area (TPSA) is 63.5 Å². The summed E-state index contributed by atoms with van der Waals surface area (Å²) in [5, 5.41) is 10.8. The van der Waals surface area contributed by atoms with Gasteiger partial charge in [-0.15, -0.1) is 0 Å². The molecule has 5 nitrogen and oxygen atoms in total. The number of unbranched alkanes of at least 4 members (excludes halogenated alkanes) is 2. The smallest absolute Gasteiger partial charge is 0.269 e. The lowest BCUT2D eigenvalue weighted by molar-refractivity contribution is -0.384. The van der Waals surface area contributed by atoms with Crippen molar-refractivity contribution < 1.29 is 9.72 Å². The predicted molar refractivity (Wildman–Crippen MR) is 73.3 cm³/mol. The van der Waals surface area contributed by atoms with Crippen LogP contribution < -0.4 is 4.90 Å². The molecule has 0 atom stereocenters. The first kappa shape index (κ1) is 13.5. The highest BCUT2D eigenvalue weighted by atomic mass is 16.6. The minimum Gasteiger partial charge on any atom is -0.312 e. The van der Waals surface area contributed by atoms with E-state index in [-0.39, 0.29) is 11.6 Å². The first-order valence-corrected chi connectivity index (χ1v) is 6.71. The summed E-state index contributed by atoms with van der Waals surface area (Å²) >= 11 is 0. The van der Waals surface area contributed by atoms with Crippen LogP contribution in [0.15, 0.2) is 18.2 Å². The van der Waals surface area contributed by atoms with Crippen molar-refractivity contribution in [3.05, 3.63) is 33.9 Å². The second-order valence-corrected chi connectivity index (χ2v) is 4.82. The third-order valence-corrected chi connectivity index (χ3v) is 3.46. The van der Waals surface area contributed by atoms with Gasteiger partial charge in [-0.05, 0) is 24.5 Å². The van der Waals surface area contributed by atoms with Gasteiger partial charge in [-0.2, -0.15) is 0 Å². The molecule has 0 bridgehead atoms. The van der Waals surface area contributed by atoms with Crippen molar-refractivity contribution in [2.45, 2.75) is 39.0 Å². The van der Waals surface area contributed by atoms with E-state index in [4.69, 9.17) is 0 Å². The number of aryl methyl sites for hydroxylation is 1. The van der Waals surface area contributed by atoms with E-state index >= 15 is 0 Å². The lowest BCUT2D eigenvalue weighted by atomic mass is 10.00. The summed E-state index contributed by atoms with van der Waals surface area (Å²) in [7, 11) is 0. The molecule has 0 N–H and O–H groups in total. The lowest BCUT2D eigenvalue weighted by Crippen LogP contribution is -2.35. The molecule has 102 valence electrons. The number of nitro benzene ring substituents is 1. The Kier molecular flexibility index (Phi) is 4.14. The first-order valence-electron chi connectivity index (χ1n) is 6.71. The number of nitro groups is 1. The number of carbonyl (C=O) groups is 1. The second kappa shape index (κ2) is 5.82. The summed E-state index contributed by atoms with van der Waals surface area (Å²) < 4.78 is 0. The maximum Gasteiger partial charge on any atom is 0.269 e. The number of fused-ring (bicyclic) bond motifs is 1. The van der Waals surface area contributed by atoms with E-state index in [0.29, 0.717) is 19.4 Å². The highest BCUT2D eigenvalue weighted by Gasteiger charge is 2.25. The highest BCUT2D eigenvalue weighted by Crippen LogP contribution is 2.31. The molecule has 1 aliphatic heterocycles. The maximum atomic E-state index is 12.0. The van der Waals surface area contributed by atoms with Crippen molar-refractivity contribution in [3.63, 3.8) is 0 Å². The van der Waals surface area contributed by atoms with Crippen LogP contribution in [0.2, 0.25) is 0 Å². The Bertz CT molecular complexity index is 499. The maximum absolute atomic E-state index is 12.0. The average Bonchev–Trinajstić information content (AvgIpc) is 2.40. The summed E-state index contributed by atoms with van der Waals surface area (Å²) in [4.78, 5) is 24.1. The van der Waals surface area contributed by atoms with Crippen molar-refractivity contribution in [1.82, 2.24) is 0 Å². The summed E-state index contributed by atoms with van der Waals surface area (Å²) in [6.07, 6.45) is 4.21. The Labute approximate surface area is 112 Å². The standard InChI is InChI=1S/C14H18N2O3/c1-2-3-4-9-15-13-7-6-12(16(18)19)10-11(13)5-8-14(15)17/h6-7,10H,2-5,8-9H2,1H3.